The minimum absolute atomic E-state index is 0.0778. The van der Waals surface area contributed by atoms with Crippen LogP contribution in [0.5, 0.6) is 0 Å². The molecule has 1 aromatic carbocycles. The standard InChI is InChI=1S/C14H16ClF2NO/c15-8-9-6-10(16)14(11(17)7-9)18-4-5-19-13-3-1-2-12(13)18/h6-7,12-13H,1-5,8H2. The first kappa shape index (κ1) is 13.1. The predicted octanol–water partition coefficient (Wildman–Crippen LogP) is 3.46. The Balaban J connectivity index is 1.97. The monoisotopic (exact) mass is 287 g/mol. The number of nitrogens with zero attached hydrogens (tertiary/aromatic N) is 1. The fourth-order valence-electron chi connectivity index (χ4n) is 3.17. The Labute approximate surface area is 116 Å². The molecule has 1 aliphatic carbocycles. The van der Waals surface area contributed by atoms with Gasteiger partial charge in [0.15, 0.2) is 0 Å². The van der Waals surface area contributed by atoms with E-state index in [2.05, 4.69) is 0 Å². The number of morpholine rings is 1. The summed E-state index contributed by atoms with van der Waals surface area (Å²) in [5.74, 6) is -0.935. The molecule has 2 atom stereocenters. The lowest BCUT2D eigenvalue weighted by molar-refractivity contribution is 0.0251. The number of hydrogen-bond donors (Lipinski definition) is 0. The van der Waals surface area contributed by atoms with Gasteiger partial charge in [-0.3, -0.25) is 0 Å². The summed E-state index contributed by atoms with van der Waals surface area (Å²) in [6.45, 7) is 1.06. The van der Waals surface area contributed by atoms with E-state index < -0.39 is 11.6 Å². The largest absolute Gasteiger partial charge is 0.374 e. The summed E-state index contributed by atoms with van der Waals surface area (Å²) in [6, 6.07) is 2.75. The van der Waals surface area contributed by atoms with Crippen molar-refractivity contribution in [1.29, 1.82) is 0 Å². The number of ether oxygens (including phenoxy) is 1. The molecule has 0 amide bonds. The van der Waals surface area contributed by atoms with Crippen molar-refractivity contribution in [2.45, 2.75) is 37.3 Å². The third-order valence-corrected chi connectivity index (χ3v) is 4.31. The number of halogens is 3. The molecule has 1 aliphatic heterocycles. The lowest BCUT2D eigenvalue weighted by atomic mass is 10.1. The van der Waals surface area contributed by atoms with E-state index in [1.165, 1.54) is 12.1 Å². The molecular formula is C14H16ClF2NO. The van der Waals surface area contributed by atoms with Crippen molar-refractivity contribution < 1.29 is 13.5 Å². The molecular weight excluding hydrogens is 272 g/mol. The van der Waals surface area contributed by atoms with Crippen LogP contribution in [0.1, 0.15) is 24.8 Å². The number of hydrogen-bond acceptors (Lipinski definition) is 2. The molecule has 1 saturated heterocycles. The average molecular weight is 288 g/mol. The number of fused-ring (bicyclic) bond motifs is 1. The Morgan fingerprint density at radius 2 is 2.00 bits per heavy atom. The molecule has 0 spiro atoms. The maximum absolute atomic E-state index is 14.2. The Kier molecular flexibility index (Phi) is 3.63. The lowest BCUT2D eigenvalue weighted by Gasteiger charge is -2.39. The summed E-state index contributed by atoms with van der Waals surface area (Å²) in [5.41, 5.74) is 0.547. The Hall–Kier alpha value is -0.870. The molecule has 3 rings (SSSR count). The van der Waals surface area contributed by atoms with E-state index in [1.807, 2.05) is 4.90 Å². The maximum Gasteiger partial charge on any atom is 0.149 e. The van der Waals surface area contributed by atoms with Gasteiger partial charge in [-0.15, -0.1) is 11.6 Å². The molecule has 1 heterocycles. The van der Waals surface area contributed by atoms with Crippen LogP contribution in [0.2, 0.25) is 0 Å². The molecule has 19 heavy (non-hydrogen) atoms. The molecule has 0 radical (unpaired) electrons. The minimum atomic E-state index is -0.525. The highest BCUT2D eigenvalue weighted by atomic mass is 35.5. The van der Waals surface area contributed by atoms with E-state index in [9.17, 15) is 8.78 Å². The molecule has 0 bridgehead atoms. The van der Waals surface area contributed by atoms with Crippen molar-refractivity contribution >= 4 is 17.3 Å². The van der Waals surface area contributed by atoms with Crippen LogP contribution in [0.25, 0.3) is 0 Å². The van der Waals surface area contributed by atoms with Crippen molar-refractivity contribution in [3.63, 3.8) is 0 Å². The quantitative estimate of drug-likeness (QED) is 0.773. The van der Waals surface area contributed by atoms with E-state index >= 15 is 0 Å². The highest BCUT2D eigenvalue weighted by Gasteiger charge is 2.38. The molecule has 1 saturated carbocycles. The van der Waals surface area contributed by atoms with Crippen LogP contribution in [0, 0.1) is 11.6 Å². The molecule has 2 nitrogen and oxygen atoms in total. The molecule has 2 aliphatic rings. The number of benzene rings is 1. The molecule has 0 N–H and O–H groups in total. The van der Waals surface area contributed by atoms with Gasteiger partial charge in [-0.25, -0.2) is 8.78 Å². The van der Waals surface area contributed by atoms with Crippen LogP contribution >= 0.6 is 11.6 Å². The van der Waals surface area contributed by atoms with E-state index in [4.69, 9.17) is 16.3 Å². The normalized spacial score (nSPS) is 26.6. The number of rotatable bonds is 2. The molecule has 5 heteroatoms. The zero-order valence-corrected chi connectivity index (χ0v) is 11.3. The Morgan fingerprint density at radius 3 is 2.68 bits per heavy atom. The van der Waals surface area contributed by atoms with Crippen LogP contribution < -0.4 is 4.90 Å². The Morgan fingerprint density at radius 1 is 1.26 bits per heavy atom. The van der Waals surface area contributed by atoms with Crippen LogP contribution in [0.4, 0.5) is 14.5 Å². The SMILES string of the molecule is Fc1cc(CCl)cc(F)c1N1CCOC2CCCC21. The number of alkyl halides is 1. The Bertz CT molecular complexity index is 460. The molecule has 104 valence electrons. The summed E-state index contributed by atoms with van der Waals surface area (Å²) < 4.78 is 34.0. The average Bonchev–Trinajstić information content (AvgIpc) is 2.86. The van der Waals surface area contributed by atoms with Crippen LogP contribution in [0.3, 0.4) is 0 Å². The van der Waals surface area contributed by atoms with Crippen molar-refractivity contribution in [2.24, 2.45) is 0 Å². The fraction of sp³-hybridized carbons (Fsp3) is 0.571. The summed E-state index contributed by atoms with van der Waals surface area (Å²) in [4.78, 5) is 1.84. The molecule has 0 aromatic heterocycles. The highest BCUT2D eigenvalue weighted by molar-refractivity contribution is 6.17. The van der Waals surface area contributed by atoms with E-state index in [0.717, 1.165) is 19.3 Å². The van der Waals surface area contributed by atoms with E-state index in [1.54, 1.807) is 0 Å². The summed E-state index contributed by atoms with van der Waals surface area (Å²) in [7, 11) is 0. The second-order valence-electron chi connectivity index (χ2n) is 5.14. The third-order valence-electron chi connectivity index (χ3n) is 4.00. The van der Waals surface area contributed by atoms with Crippen molar-refractivity contribution in [3.05, 3.63) is 29.3 Å². The second kappa shape index (κ2) is 5.25. The third kappa shape index (κ3) is 2.32. The van der Waals surface area contributed by atoms with Crippen molar-refractivity contribution in [2.75, 3.05) is 18.1 Å². The van der Waals surface area contributed by atoms with Gasteiger partial charge >= 0.3 is 0 Å². The maximum atomic E-state index is 14.2. The zero-order valence-electron chi connectivity index (χ0n) is 10.5. The molecule has 2 fully saturated rings. The van der Waals surface area contributed by atoms with Gasteiger partial charge in [0.25, 0.3) is 0 Å². The van der Waals surface area contributed by atoms with Gasteiger partial charge < -0.3 is 9.64 Å². The minimum Gasteiger partial charge on any atom is -0.374 e. The second-order valence-corrected chi connectivity index (χ2v) is 5.41. The highest BCUT2D eigenvalue weighted by Crippen LogP contribution is 2.36. The zero-order chi connectivity index (χ0) is 13.4. The lowest BCUT2D eigenvalue weighted by Crippen LogP contribution is -2.49. The fourth-order valence-corrected chi connectivity index (χ4v) is 3.33. The first-order valence-corrected chi connectivity index (χ1v) is 7.16. The van der Waals surface area contributed by atoms with Crippen molar-refractivity contribution in [3.8, 4) is 0 Å². The van der Waals surface area contributed by atoms with Gasteiger partial charge in [0, 0.05) is 12.4 Å². The van der Waals surface area contributed by atoms with Crippen LogP contribution in [-0.4, -0.2) is 25.3 Å². The first-order valence-electron chi connectivity index (χ1n) is 6.63. The molecule has 2 unspecified atom stereocenters. The summed E-state index contributed by atoms with van der Waals surface area (Å²) in [5, 5.41) is 0. The van der Waals surface area contributed by atoms with Crippen LogP contribution in [0.15, 0.2) is 12.1 Å². The van der Waals surface area contributed by atoms with Gasteiger partial charge in [0.05, 0.1) is 18.8 Å². The molecule has 1 aromatic rings. The van der Waals surface area contributed by atoms with Gasteiger partial charge in [0.2, 0.25) is 0 Å². The van der Waals surface area contributed by atoms with E-state index in [0.29, 0.717) is 18.7 Å². The van der Waals surface area contributed by atoms with Gasteiger partial charge in [-0.05, 0) is 37.0 Å². The summed E-state index contributed by atoms with van der Waals surface area (Å²) in [6.07, 6.45) is 3.07. The smallest absolute Gasteiger partial charge is 0.149 e. The predicted molar refractivity (Wildman–Crippen MR) is 70.6 cm³/mol. The van der Waals surface area contributed by atoms with E-state index in [-0.39, 0.29) is 23.7 Å². The van der Waals surface area contributed by atoms with Gasteiger partial charge in [-0.2, -0.15) is 0 Å². The topological polar surface area (TPSA) is 12.5 Å². The van der Waals surface area contributed by atoms with Gasteiger partial charge in [-0.1, -0.05) is 0 Å². The number of anilines is 1. The van der Waals surface area contributed by atoms with Crippen molar-refractivity contribution in [1.82, 2.24) is 0 Å². The first-order chi connectivity index (χ1) is 9.20. The van der Waals surface area contributed by atoms with Crippen LogP contribution in [-0.2, 0) is 10.6 Å². The van der Waals surface area contributed by atoms with Gasteiger partial charge in [0.1, 0.15) is 17.3 Å². The summed E-state index contributed by atoms with van der Waals surface area (Å²) >= 11 is 5.63.